The molecule has 2 aromatic carbocycles. The van der Waals surface area contributed by atoms with E-state index in [4.69, 9.17) is 4.74 Å². The molecular formula is C29H39N3O6S2. The molecule has 4 aliphatic rings. The van der Waals surface area contributed by atoms with E-state index in [0.29, 0.717) is 11.4 Å². The van der Waals surface area contributed by atoms with Crippen LogP contribution in [0.4, 0.5) is 5.69 Å². The largest absolute Gasteiger partial charge is 0.492 e. The Labute approximate surface area is 238 Å². The summed E-state index contributed by atoms with van der Waals surface area (Å²) >= 11 is 0. The van der Waals surface area contributed by atoms with Gasteiger partial charge in [0.25, 0.3) is 0 Å². The van der Waals surface area contributed by atoms with Crippen molar-refractivity contribution in [2.24, 2.45) is 17.8 Å². The molecule has 4 bridgehead atoms. The smallest absolute Gasteiger partial charge is 0.242 e. The Morgan fingerprint density at radius 1 is 0.900 bits per heavy atom. The van der Waals surface area contributed by atoms with E-state index in [1.807, 2.05) is 12.1 Å². The number of ether oxygens (including phenoxy) is 1. The summed E-state index contributed by atoms with van der Waals surface area (Å²) in [6, 6.07) is 13.8. The van der Waals surface area contributed by atoms with Crippen LogP contribution in [0.5, 0.6) is 5.75 Å². The fourth-order valence-corrected chi connectivity index (χ4v) is 9.07. The second-order valence-electron chi connectivity index (χ2n) is 12.0. The molecule has 0 aromatic heterocycles. The molecule has 9 nitrogen and oxygen atoms in total. The van der Waals surface area contributed by atoms with E-state index in [2.05, 4.69) is 17.4 Å². The topological polar surface area (TPSA) is 113 Å². The fourth-order valence-electron chi connectivity index (χ4n) is 7.31. The summed E-state index contributed by atoms with van der Waals surface area (Å²) in [5.74, 6) is 2.49. The summed E-state index contributed by atoms with van der Waals surface area (Å²) in [4.78, 5) is 12.8. The van der Waals surface area contributed by atoms with Gasteiger partial charge in [-0.05, 0) is 104 Å². The third-order valence-corrected chi connectivity index (χ3v) is 11.8. The molecule has 0 atom stereocenters. The highest BCUT2D eigenvalue weighted by Crippen LogP contribution is 2.60. The number of anilines is 1. The standard InChI is InChI=1S/C29H39N3O6S2/c1-31(2)40(36,37)27-10-8-26(9-11-27)38-13-12-30-28(33)20-32(39(3,34)35)25-6-4-24(5-7-25)29-17-21-14-22(18-29)16-23(15-21)19-29/h4-11,21-23H,12-20H2,1-3H3,(H,30,33). The normalized spacial score (nSPS) is 25.6. The first kappa shape index (κ1) is 28.9. The molecule has 0 saturated heterocycles. The average Bonchev–Trinajstić information content (AvgIpc) is 2.89. The summed E-state index contributed by atoms with van der Waals surface area (Å²) in [5, 5.41) is 2.70. The number of nitrogens with one attached hydrogen (secondary N) is 1. The van der Waals surface area contributed by atoms with Crippen LogP contribution in [-0.2, 0) is 30.3 Å². The first-order chi connectivity index (χ1) is 18.9. The van der Waals surface area contributed by atoms with Gasteiger partial charge in [0.05, 0.1) is 23.4 Å². The molecule has 6 rings (SSSR count). The maximum Gasteiger partial charge on any atom is 0.242 e. The maximum atomic E-state index is 12.7. The van der Waals surface area contributed by atoms with Gasteiger partial charge in [-0.2, -0.15) is 0 Å². The minimum Gasteiger partial charge on any atom is -0.492 e. The van der Waals surface area contributed by atoms with E-state index in [1.165, 1.54) is 70.3 Å². The summed E-state index contributed by atoms with van der Waals surface area (Å²) in [5.41, 5.74) is 2.01. The summed E-state index contributed by atoms with van der Waals surface area (Å²) in [6.07, 6.45) is 8.91. The molecule has 0 aliphatic heterocycles. The lowest BCUT2D eigenvalue weighted by atomic mass is 9.48. The Balaban J connectivity index is 1.16. The van der Waals surface area contributed by atoms with Crippen LogP contribution in [0, 0.1) is 17.8 Å². The minimum atomic E-state index is -3.68. The Bertz CT molecular complexity index is 1400. The fraction of sp³-hybridized carbons (Fsp3) is 0.552. The van der Waals surface area contributed by atoms with Gasteiger partial charge in [-0.1, -0.05) is 12.1 Å². The monoisotopic (exact) mass is 589 g/mol. The zero-order valence-electron chi connectivity index (χ0n) is 23.4. The third kappa shape index (κ3) is 6.01. The van der Waals surface area contributed by atoms with Gasteiger partial charge < -0.3 is 10.1 Å². The number of hydrogen-bond acceptors (Lipinski definition) is 6. The summed E-state index contributed by atoms with van der Waals surface area (Å²) < 4.78 is 57.4. The van der Waals surface area contributed by atoms with Crippen LogP contribution in [0.1, 0.15) is 44.1 Å². The average molecular weight is 590 g/mol. The lowest BCUT2D eigenvalue weighted by Gasteiger charge is -2.57. The second kappa shape index (κ2) is 11.0. The van der Waals surface area contributed by atoms with E-state index in [1.54, 1.807) is 12.1 Å². The number of carbonyl (C=O) groups excluding carboxylic acids is 1. The van der Waals surface area contributed by atoms with E-state index in [0.717, 1.165) is 32.6 Å². The molecule has 40 heavy (non-hydrogen) atoms. The molecule has 4 aliphatic carbocycles. The van der Waals surface area contributed by atoms with Crippen LogP contribution in [0.3, 0.4) is 0 Å². The predicted octanol–water partition coefficient (Wildman–Crippen LogP) is 3.37. The van der Waals surface area contributed by atoms with Crippen molar-refractivity contribution >= 4 is 31.6 Å². The predicted molar refractivity (Wildman–Crippen MR) is 154 cm³/mol. The number of rotatable bonds is 11. The van der Waals surface area contributed by atoms with Gasteiger partial charge in [0.2, 0.25) is 26.0 Å². The molecule has 4 saturated carbocycles. The van der Waals surface area contributed by atoms with Crippen LogP contribution in [-0.4, -0.2) is 67.1 Å². The van der Waals surface area contributed by atoms with Crippen LogP contribution >= 0.6 is 0 Å². The maximum absolute atomic E-state index is 12.7. The molecule has 2 aromatic rings. The number of sulfonamides is 2. The van der Waals surface area contributed by atoms with Crippen LogP contribution in [0.25, 0.3) is 0 Å². The van der Waals surface area contributed by atoms with E-state index in [9.17, 15) is 21.6 Å². The Morgan fingerprint density at radius 3 is 1.95 bits per heavy atom. The molecular weight excluding hydrogens is 550 g/mol. The second-order valence-corrected chi connectivity index (χ2v) is 16.0. The molecule has 11 heteroatoms. The van der Waals surface area contributed by atoms with Crippen molar-refractivity contribution in [3.05, 3.63) is 54.1 Å². The SMILES string of the molecule is CN(C)S(=O)(=O)c1ccc(OCCNC(=O)CN(c2ccc(C34CC5CC(CC(C5)C3)C4)cc2)S(C)(=O)=O)cc1. The Kier molecular flexibility index (Phi) is 7.93. The van der Waals surface area contributed by atoms with Crippen molar-refractivity contribution in [2.45, 2.75) is 48.8 Å². The van der Waals surface area contributed by atoms with Crippen LogP contribution in [0.2, 0.25) is 0 Å². The van der Waals surface area contributed by atoms with Gasteiger partial charge in [-0.3, -0.25) is 9.10 Å². The van der Waals surface area contributed by atoms with Crippen molar-refractivity contribution in [3.63, 3.8) is 0 Å². The first-order valence-corrected chi connectivity index (χ1v) is 17.1. The highest BCUT2D eigenvalue weighted by Gasteiger charge is 2.51. The summed E-state index contributed by atoms with van der Waals surface area (Å²) in [7, 11) is -4.27. The molecule has 1 N–H and O–H groups in total. The van der Waals surface area contributed by atoms with E-state index in [-0.39, 0.29) is 30.0 Å². The molecule has 0 spiro atoms. The van der Waals surface area contributed by atoms with Gasteiger partial charge in [-0.15, -0.1) is 0 Å². The van der Waals surface area contributed by atoms with Gasteiger partial charge in [0.15, 0.2) is 0 Å². The number of nitrogens with zero attached hydrogens (tertiary/aromatic N) is 2. The lowest BCUT2D eigenvalue weighted by Crippen LogP contribution is -2.48. The number of amides is 1. The van der Waals surface area contributed by atoms with E-state index >= 15 is 0 Å². The lowest BCUT2D eigenvalue weighted by molar-refractivity contribution is -0.119. The van der Waals surface area contributed by atoms with Crippen LogP contribution < -0.4 is 14.4 Å². The number of hydrogen-bond donors (Lipinski definition) is 1. The van der Waals surface area contributed by atoms with Gasteiger partial charge in [-0.25, -0.2) is 21.1 Å². The van der Waals surface area contributed by atoms with Crippen molar-refractivity contribution in [1.29, 1.82) is 0 Å². The molecule has 0 unspecified atom stereocenters. The number of benzene rings is 2. The van der Waals surface area contributed by atoms with Crippen molar-refractivity contribution in [2.75, 3.05) is 44.4 Å². The van der Waals surface area contributed by atoms with Crippen molar-refractivity contribution in [1.82, 2.24) is 9.62 Å². The Morgan fingerprint density at radius 2 is 1.45 bits per heavy atom. The molecule has 1 amide bonds. The summed E-state index contributed by atoms with van der Waals surface area (Å²) in [6.45, 7) is -0.0179. The molecule has 4 fully saturated rings. The van der Waals surface area contributed by atoms with Crippen molar-refractivity contribution in [3.8, 4) is 5.75 Å². The van der Waals surface area contributed by atoms with Crippen LogP contribution in [0.15, 0.2) is 53.4 Å². The zero-order chi connectivity index (χ0) is 28.7. The van der Waals surface area contributed by atoms with Gasteiger partial charge in [0, 0.05) is 14.1 Å². The molecule has 218 valence electrons. The molecule has 0 radical (unpaired) electrons. The third-order valence-electron chi connectivity index (χ3n) is 8.79. The van der Waals surface area contributed by atoms with Crippen molar-refractivity contribution < 1.29 is 26.4 Å². The van der Waals surface area contributed by atoms with E-state index < -0.39 is 26.0 Å². The zero-order valence-corrected chi connectivity index (χ0v) is 25.0. The van der Waals surface area contributed by atoms with Gasteiger partial charge in [0.1, 0.15) is 18.9 Å². The minimum absolute atomic E-state index is 0.143. The highest BCUT2D eigenvalue weighted by atomic mass is 32.2. The Hall–Kier alpha value is -2.63. The quantitative estimate of drug-likeness (QED) is 0.402. The first-order valence-electron chi connectivity index (χ1n) is 13.9. The number of carbonyl (C=O) groups is 1. The van der Waals surface area contributed by atoms with Gasteiger partial charge >= 0.3 is 0 Å². The molecule has 0 heterocycles. The highest BCUT2D eigenvalue weighted by molar-refractivity contribution is 7.92.